The number of hydrogen-bond donors (Lipinski definition) is 1. The summed E-state index contributed by atoms with van der Waals surface area (Å²) >= 11 is 0. The molecule has 23 heavy (non-hydrogen) atoms. The highest BCUT2D eigenvalue weighted by Gasteiger charge is 2.17. The fourth-order valence-electron chi connectivity index (χ4n) is 2.31. The molecule has 0 bridgehead atoms. The van der Waals surface area contributed by atoms with Crippen LogP contribution in [0.25, 0.3) is 0 Å². The SMILES string of the molecule is COc1ccc(C(C)(C)C)cc1CC(=O)NCc1ccccn1. The van der Waals surface area contributed by atoms with Gasteiger partial charge in [0.2, 0.25) is 5.91 Å². The zero-order chi connectivity index (χ0) is 16.9. The quantitative estimate of drug-likeness (QED) is 0.922. The van der Waals surface area contributed by atoms with Crippen LogP contribution in [0.15, 0.2) is 42.6 Å². The van der Waals surface area contributed by atoms with E-state index in [1.165, 1.54) is 5.56 Å². The van der Waals surface area contributed by atoms with Crippen LogP contribution in [0.1, 0.15) is 37.6 Å². The van der Waals surface area contributed by atoms with Crippen LogP contribution >= 0.6 is 0 Å². The summed E-state index contributed by atoms with van der Waals surface area (Å²) in [5.74, 6) is 0.700. The van der Waals surface area contributed by atoms with Crippen molar-refractivity contribution in [2.75, 3.05) is 7.11 Å². The lowest BCUT2D eigenvalue weighted by atomic mass is 9.85. The van der Waals surface area contributed by atoms with E-state index in [2.05, 4.69) is 37.1 Å². The maximum Gasteiger partial charge on any atom is 0.224 e. The van der Waals surface area contributed by atoms with Crippen LogP contribution in [0.2, 0.25) is 0 Å². The Kier molecular flexibility index (Phi) is 5.37. The number of amides is 1. The minimum atomic E-state index is -0.0417. The van der Waals surface area contributed by atoms with Gasteiger partial charge >= 0.3 is 0 Å². The Labute approximate surface area is 137 Å². The van der Waals surface area contributed by atoms with Crippen LogP contribution in [-0.2, 0) is 23.2 Å². The third kappa shape index (κ3) is 4.81. The van der Waals surface area contributed by atoms with Gasteiger partial charge in [-0.15, -0.1) is 0 Å². The summed E-state index contributed by atoms with van der Waals surface area (Å²) in [5.41, 5.74) is 2.96. The van der Waals surface area contributed by atoms with Crippen molar-refractivity contribution < 1.29 is 9.53 Å². The molecule has 0 aliphatic rings. The Morgan fingerprint density at radius 3 is 2.61 bits per heavy atom. The van der Waals surface area contributed by atoms with Crippen LogP contribution in [0.3, 0.4) is 0 Å². The molecule has 0 unspecified atom stereocenters. The molecule has 1 heterocycles. The number of rotatable bonds is 5. The van der Waals surface area contributed by atoms with Crippen molar-refractivity contribution in [1.29, 1.82) is 0 Å². The molecule has 1 amide bonds. The molecule has 0 fully saturated rings. The van der Waals surface area contributed by atoms with E-state index in [0.717, 1.165) is 17.0 Å². The van der Waals surface area contributed by atoms with Crippen LogP contribution in [0.5, 0.6) is 5.75 Å². The van der Waals surface area contributed by atoms with Gasteiger partial charge in [0.05, 0.1) is 25.8 Å². The fourth-order valence-corrected chi connectivity index (χ4v) is 2.31. The first kappa shape index (κ1) is 17.0. The van der Waals surface area contributed by atoms with Gasteiger partial charge in [0.1, 0.15) is 5.75 Å². The highest BCUT2D eigenvalue weighted by Crippen LogP contribution is 2.28. The molecular weight excluding hydrogens is 288 g/mol. The van der Waals surface area contributed by atoms with Crippen molar-refractivity contribution in [3.63, 3.8) is 0 Å². The summed E-state index contributed by atoms with van der Waals surface area (Å²) in [7, 11) is 1.63. The van der Waals surface area contributed by atoms with Gasteiger partial charge in [-0.2, -0.15) is 0 Å². The largest absolute Gasteiger partial charge is 0.496 e. The minimum absolute atomic E-state index is 0.0332. The molecule has 4 nitrogen and oxygen atoms in total. The third-order valence-corrected chi connectivity index (χ3v) is 3.69. The molecule has 0 aliphatic heterocycles. The number of hydrogen-bond acceptors (Lipinski definition) is 3. The monoisotopic (exact) mass is 312 g/mol. The minimum Gasteiger partial charge on any atom is -0.496 e. The summed E-state index contributed by atoms with van der Waals surface area (Å²) < 4.78 is 5.38. The fraction of sp³-hybridized carbons (Fsp3) is 0.368. The summed E-state index contributed by atoms with van der Waals surface area (Å²) in [6.45, 7) is 6.89. The number of nitrogens with zero attached hydrogens (tertiary/aromatic N) is 1. The average Bonchev–Trinajstić information content (AvgIpc) is 2.53. The lowest BCUT2D eigenvalue weighted by Gasteiger charge is -2.21. The van der Waals surface area contributed by atoms with Crippen molar-refractivity contribution >= 4 is 5.91 Å². The lowest BCUT2D eigenvalue weighted by Crippen LogP contribution is -2.25. The first-order valence-corrected chi connectivity index (χ1v) is 7.74. The Balaban J connectivity index is 2.07. The van der Waals surface area contributed by atoms with Gasteiger partial charge < -0.3 is 10.1 Å². The molecule has 0 radical (unpaired) electrons. The van der Waals surface area contributed by atoms with Crippen molar-refractivity contribution in [3.05, 3.63) is 59.4 Å². The molecule has 1 aromatic heterocycles. The summed E-state index contributed by atoms with van der Waals surface area (Å²) in [5, 5.41) is 2.90. The van der Waals surface area contributed by atoms with Crippen molar-refractivity contribution in [1.82, 2.24) is 10.3 Å². The summed E-state index contributed by atoms with van der Waals surface area (Å²) in [4.78, 5) is 16.4. The molecule has 2 rings (SSSR count). The number of aromatic nitrogens is 1. The second-order valence-corrected chi connectivity index (χ2v) is 6.55. The van der Waals surface area contributed by atoms with E-state index < -0.39 is 0 Å². The Morgan fingerprint density at radius 1 is 1.22 bits per heavy atom. The highest BCUT2D eigenvalue weighted by molar-refractivity contribution is 5.79. The molecular formula is C19H24N2O2. The zero-order valence-electron chi connectivity index (χ0n) is 14.2. The number of ether oxygens (including phenoxy) is 1. The molecule has 0 saturated heterocycles. The van der Waals surface area contributed by atoms with E-state index in [9.17, 15) is 4.79 Å². The van der Waals surface area contributed by atoms with E-state index in [4.69, 9.17) is 4.74 Å². The van der Waals surface area contributed by atoms with E-state index in [-0.39, 0.29) is 11.3 Å². The molecule has 4 heteroatoms. The third-order valence-electron chi connectivity index (χ3n) is 3.69. The van der Waals surface area contributed by atoms with E-state index in [0.29, 0.717) is 13.0 Å². The van der Waals surface area contributed by atoms with Gasteiger partial charge in [-0.1, -0.05) is 39.0 Å². The topological polar surface area (TPSA) is 51.2 Å². The second kappa shape index (κ2) is 7.27. The van der Waals surface area contributed by atoms with E-state index >= 15 is 0 Å². The van der Waals surface area contributed by atoms with Gasteiger partial charge in [-0.05, 0) is 29.2 Å². The molecule has 0 spiro atoms. The van der Waals surface area contributed by atoms with Gasteiger partial charge in [0.15, 0.2) is 0 Å². The molecule has 0 atom stereocenters. The van der Waals surface area contributed by atoms with Crippen molar-refractivity contribution in [2.24, 2.45) is 0 Å². The maximum absolute atomic E-state index is 12.2. The van der Waals surface area contributed by atoms with E-state index in [1.807, 2.05) is 30.3 Å². The number of benzene rings is 1. The normalized spacial score (nSPS) is 11.1. The van der Waals surface area contributed by atoms with Crippen molar-refractivity contribution in [2.45, 2.75) is 39.2 Å². The summed E-state index contributed by atoms with van der Waals surface area (Å²) in [6.07, 6.45) is 2.01. The molecule has 0 saturated carbocycles. The maximum atomic E-state index is 12.2. The first-order chi connectivity index (χ1) is 10.9. The van der Waals surface area contributed by atoms with E-state index in [1.54, 1.807) is 13.3 Å². The molecule has 122 valence electrons. The van der Waals surface area contributed by atoms with Crippen LogP contribution in [0.4, 0.5) is 0 Å². The van der Waals surface area contributed by atoms with Gasteiger partial charge in [-0.25, -0.2) is 0 Å². The van der Waals surface area contributed by atoms with Gasteiger partial charge in [0.25, 0.3) is 0 Å². The second-order valence-electron chi connectivity index (χ2n) is 6.55. The zero-order valence-corrected chi connectivity index (χ0v) is 14.2. The molecule has 1 aromatic carbocycles. The Hall–Kier alpha value is -2.36. The van der Waals surface area contributed by atoms with Crippen molar-refractivity contribution in [3.8, 4) is 5.75 Å². The number of nitrogens with one attached hydrogen (secondary N) is 1. The highest BCUT2D eigenvalue weighted by atomic mass is 16.5. The summed E-state index contributed by atoms with van der Waals surface area (Å²) in [6, 6.07) is 11.7. The number of carbonyl (C=O) groups is 1. The van der Waals surface area contributed by atoms with Crippen LogP contribution in [-0.4, -0.2) is 18.0 Å². The molecule has 0 aliphatic carbocycles. The van der Waals surface area contributed by atoms with Crippen LogP contribution in [0, 0.1) is 0 Å². The number of methoxy groups -OCH3 is 1. The van der Waals surface area contributed by atoms with Gasteiger partial charge in [-0.3, -0.25) is 9.78 Å². The first-order valence-electron chi connectivity index (χ1n) is 7.74. The number of pyridine rings is 1. The van der Waals surface area contributed by atoms with Crippen LogP contribution < -0.4 is 10.1 Å². The smallest absolute Gasteiger partial charge is 0.224 e. The predicted molar refractivity (Wildman–Crippen MR) is 91.5 cm³/mol. The number of carbonyl (C=O) groups excluding carboxylic acids is 1. The standard InChI is InChI=1S/C19H24N2O2/c1-19(2,3)15-8-9-17(23-4)14(11-15)12-18(22)21-13-16-7-5-6-10-20-16/h5-11H,12-13H2,1-4H3,(H,21,22). The lowest BCUT2D eigenvalue weighted by molar-refractivity contribution is -0.120. The Morgan fingerprint density at radius 2 is 2.00 bits per heavy atom. The van der Waals surface area contributed by atoms with Gasteiger partial charge in [0, 0.05) is 11.8 Å². The molecule has 2 aromatic rings. The molecule has 1 N–H and O–H groups in total. The predicted octanol–water partition coefficient (Wildman–Crippen LogP) is 3.25. The average molecular weight is 312 g/mol. The Bertz CT molecular complexity index is 661.